The van der Waals surface area contributed by atoms with Crippen molar-refractivity contribution >= 4 is 34.4 Å². The fourth-order valence-corrected chi connectivity index (χ4v) is 2.88. The van der Waals surface area contributed by atoms with E-state index in [1.807, 2.05) is 0 Å². The molecular weight excluding hydrogens is 346 g/mol. The molecule has 0 saturated heterocycles. The third-order valence-electron chi connectivity index (χ3n) is 3.67. The first-order chi connectivity index (χ1) is 12.1. The van der Waals surface area contributed by atoms with E-state index in [4.69, 9.17) is 21.5 Å². The highest BCUT2D eigenvalue weighted by atomic mass is 35.5. The number of nitrogens with one attached hydrogen (secondary N) is 1. The number of hydrogen-bond donors (Lipinski definition) is 2. The van der Waals surface area contributed by atoms with Crippen LogP contribution in [0.1, 0.15) is 5.56 Å². The van der Waals surface area contributed by atoms with E-state index >= 15 is 0 Å². The van der Waals surface area contributed by atoms with Crippen molar-refractivity contribution in [2.75, 3.05) is 7.11 Å². The predicted molar refractivity (Wildman–Crippen MR) is 93.8 cm³/mol. The quantitative estimate of drug-likeness (QED) is 0.428. The minimum absolute atomic E-state index is 0.327. The molecule has 8 heteroatoms. The van der Waals surface area contributed by atoms with Crippen LogP contribution in [0.5, 0.6) is 0 Å². The second kappa shape index (κ2) is 6.84. The van der Waals surface area contributed by atoms with Gasteiger partial charge in [-0.2, -0.15) is 0 Å². The molecule has 0 aliphatic rings. The second-order valence-corrected chi connectivity index (χ2v) is 5.48. The van der Waals surface area contributed by atoms with Gasteiger partial charge in [0.15, 0.2) is 0 Å². The number of methoxy groups -OCH3 is 1. The highest BCUT2D eigenvalue weighted by Crippen LogP contribution is 2.27. The maximum Gasteiger partial charge on any atom is 0.354 e. The molecule has 3 aromatic rings. The molecule has 25 heavy (non-hydrogen) atoms. The summed E-state index contributed by atoms with van der Waals surface area (Å²) in [5.74, 6) is 0. The van der Waals surface area contributed by atoms with Crippen molar-refractivity contribution in [1.82, 2.24) is 14.6 Å². The van der Waals surface area contributed by atoms with Gasteiger partial charge in [0.2, 0.25) is 0 Å². The average molecular weight is 360 g/mol. The standard InChI is InChI=1S/C17H14ClN3O4/c1-25-10-15(11-6-2-3-7-12(11)18)20-13-8-4-5-9-14(13)21(17(20)23)16(22)19-24/h2-10,24H,1H3,(H,19,22)/b15-10+. The van der Waals surface area contributed by atoms with Crippen molar-refractivity contribution in [1.29, 1.82) is 0 Å². The summed E-state index contributed by atoms with van der Waals surface area (Å²) in [6, 6.07) is 12.7. The summed E-state index contributed by atoms with van der Waals surface area (Å²) in [6.07, 6.45) is 1.37. The summed E-state index contributed by atoms with van der Waals surface area (Å²) < 4.78 is 7.26. The number of fused-ring (bicyclic) bond motifs is 1. The molecule has 1 aromatic heterocycles. The van der Waals surface area contributed by atoms with Crippen molar-refractivity contribution in [2.45, 2.75) is 0 Å². The first kappa shape index (κ1) is 16.8. The molecule has 3 rings (SSSR count). The van der Waals surface area contributed by atoms with E-state index in [1.54, 1.807) is 48.5 Å². The average Bonchev–Trinajstić information content (AvgIpc) is 2.92. The van der Waals surface area contributed by atoms with Crippen LogP contribution >= 0.6 is 11.6 Å². The van der Waals surface area contributed by atoms with Crippen LogP contribution in [0.15, 0.2) is 59.6 Å². The zero-order valence-electron chi connectivity index (χ0n) is 13.1. The molecule has 0 spiro atoms. The SMILES string of the molecule is CO/C=C(\c1ccccc1Cl)n1c(=O)n(C(=O)NO)c2ccccc21. The van der Waals surface area contributed by atoms with Crippen LogP contribution in [0.4, 0.5) is 4.79 Å². The van der Waals surface area contributed by atoms with Crippen LogP contribution in [0.25, 0.3) is 16.7 Å². The van der Waals surface area contributed by atoms with E-state index in [1.165, 1.54) is 23.4 Å². The van der Waals surface area contributed by atoms with Crippen molar-refractivity contribution in [3.63, 3.8) is 0 Å². The van der Waals surface area contributed by atoms with Crippen molar-refractivity contribution < 1.29 is 14.7 Å². The lowest BCUT2D eigenvalue weighted by atomic mass is 10.1. The van der Waals surface area contributed by atoms with Crippen LogP contribution in [-0.4, -0.2) is 27.5 Å². The number of rotatable bonds is 3. The molecule has 0 unspecified atom stereocenters. The lowest BCUT2D eigenvalue weighted by Gasteiger charge is -2.11. The van der Waals surface area contributed by atoms with E-state index in [0.717, 1.165) is 4.57 Å². The number of imidazole rings is 1. The maximum absolute atomic E-state index is 12.9. The first-order valence-electron chi connectivity index (χ1n) is 7.25. The Bertz CT molecular complexity index is 1040. The maximum atomic E-state index is 12.9. The zero-order valence-corrected chi connectivity index (χ0v) is 13.9. The second-order valence-electron chi connectivity index (χ2n) is 5.08. The fraction of sp³-hybridized carbons (Fsp3) is 0.0588. The van der Waals surface area contributed by atoms with Crippen LogP contribution in [-0.2, 0) is 4.74 Å². The molecule has 0 fully saturated rings. The molecule has 1 amide bonds. The van der Waals surface area contributed by atoms with Crippen LogP contribution in [0.2, 0.25) is 5.02 Å². The predicted octanol–water partition coefficient (Wildman–Crippen LogP) is 2.90. The summed E-state index contributed by atoms with van der Waals surface area (Å²) in [7, 11) is 1.45. The lowest BCUT2D eigenvalue weighted by Crippen LogP contribution is -2.35. The van der Waals surface area contributed by atoms with E-state index < -0.39 is 11.7 Å². The Morgan fingerprint density at radius 2 is 1.72 bits per heavy atom. The lowest BCUT2D eigenvalue weighted by molar-refractivity contribution is 0.163. The number of amides is 1. The van der Waals surface area contributed by atoms with E-state index in [0.29, 0.717) is 27.3 Å². The number of benzene rings is 2. The molecule has 2 N–H and O–H groups in total. The van der Waals surface area contributed by atoms with Gasteiger partial charge < -0.3 is 4.74 Å². The molecule has 0 radical (unpaired) electrons. The van der Waals surface area contributed by atoms with Gasteiger partial charge in [0, 0.05) is 5.56 Å². The van der Waals surface area contributed by atoms with E-state index in [-0.39, 0.29) is 0 Å². The molecular formula is C17H14ClN3O4. The molecule has 7 nitrogen and oxygen atoms in total. The summed E-state index contributed by atoms with van der Waals surface area (Å²) >= 11 is 6.27. The normalized spacial score (nSPS) is 11.6. The van der Waals surface area contributed by atoms with E-state index in [2.05, 4.69) is 0 Å². The van der Waals surface area contributed by atoms with Crippen LogP contribution < -0.4 is 11.2 Å². The number of aromatic nitrogens is 2. The van der Waals surface area contributed by atoms with Crippen LogP contribution in [0.3, 0.4) is 0 Å². The fourth-order valence-electron chi connectivity index (χ4n) is 2.64. The highest BCUT2D eigenvalue weighted by Gasteiger charge is 2.22. The Morgan fingerprint density at radius 1 is 1.12 bits per heavy atom. The van der Waals surface area contributed by atoms with Crippen molar-refractivity contribution in [3.05, 3.63) is 75.9 Å². The Balaban J connectivity index is 2.40. The number of carbonyl (C=O) groups excluding carboxylic acids is 1. The van der Waals surface area contributed by atoms with Gasteiger partial charge >= 0.3 is 11.7 Å². The van der Waals surface area contributed by atoms with Gasteiger partial charge in [-0.25, -0.2) is 19.6 Å². The van der Waals surface area contributed by atoms with Crippen molar-refractivity contribution in [3.8, 4) is 0 Å². The summed E-state index contributed by atoms with van der Waals surface area (Å²) in [5, 5.41) is 9.37. The minimum Gasteiger partial charge on any atom is -0.502 e. The number of hydrogen-bond acceptors (Lipinski definition) is 4. The number of hydroxylamine groups is 1. The number of halogens is 1. The van der Waals surface area contributed by atoms with Crippen LogP contribution in [0, 0.1) is 0 Å². The Labute approximate surface area is 147 Å². The monoisotopic (exact) mass is 359 g/mol. The van der Waals surface area contributed by atoms with E-state index in [9.17, 15) is 9.59 Å². The van der Waals surface area contributed by atoms with Gasteiger partial charge in [0.1, 0.15) is 6.26 Å². The van der Waals surface area contributed by atoms with Gasteiger partial charge in [0.05, 0.1) is 28.9 Å². The summed E-state index contributed by atoms with van der Waals surface area (Å²) in [6.45, 7) is 0. The Hall–Kier alpha value is -3.03. The zero-order chi connectivity index (χ0) is 18.0. The van der Waals surface area contributed by atoms with Gasteiger partial charge in [-0.1, -0.05) is 41.9 Å². The Morgan fingerprint density at radius 3 is 2.32 bits per heavy atom. The third-order valence-corrected chi connectivity index (χ3v) is 3.99. The largest absolute Gasteiger partial charge is 0.502 e. The van der Waals surface area contributed by atoms with Gasteiger partial charge in [-0.15, -0.1) is 0 Å². The molecule has 0 saturated carbocycles. The molecule has 0 aliphatic heterocycles. The molecule has 1 heterocycles. The number of para-hydroxylation sites is 2. The summed E-state index contributed by atoms with van der Waals surface area (Å²) in [5.41, 5.74) is 2.51. The molecule has 128 valence electrons. The molecule has 0 aliphatic carbocycles. The third kappa shape index (κ3) is 2.79. The number of carbonyl (C=O) groups is 1. The Kier molecular flexibility index (Phi) is 4.60. The smallest absolute Gasteiger partial charge is 0.354 e. The van der Waals surface area contributed by atoms with Gasteiger partial charge in [-0.3, -0.25) is 9.77 Å². The number of ether oxygens (including phenoxy) is 1. The topological polar surface area (TPSA) is 85.5 Å². The molecule has 2 aromatic carbocycles. The number of nitrogens with zero attached hydrogens (tertiary/aromatic N) is 2. The van der Waals surface area contributed by atoms with Crippen molar-refractivity contribution in [2.24, 2.45) is 0 Å². The first-order valence-corrected chi connectivity index (χ1v) is 7.63. The molecule has 0 bridgehead atoms. The summed E-state index contributed by atoms with van der Waals surface area (Å²) in [4.78, 5) is 24.9. The highest BCUT2D eigenvalue weighted by molar-refractivity contribution is 6.32. The van der Waals surface area contributed by atoms with Gasteiger partial charge in [0.25, 0.3) is 0 Å². The minimum atomic E-state index is -0.962. The van der Waals surface area contributed by atoms with Gasteiger partial charge in [-0.05, 0) is 18.2 Å². The molecule has 0 atom stereocenters.